The van der Waals surface area contributed by atoms with Crippen molar-refractivity contribution in [2.45, 2.75) is 31.8 Å². The second kappa shape index (κ2) is 6.08. The maximum absolute atomic E-state index is 10.9. The summed E-state index contributed by atoms with van der Waals surface area (Å²) in [5.41, 5.74) is 3.05. The Morgan fingerprint density at radius 3 is 2.71 bits per heavy atom. The molecule has 1 aliphatic heterocycles. The Hall–Kier alpha value is -1.51. The minimum absolute atomic E-state index is 0.0398. The largest absolute Gasteiger partial charge is 0.493 e. The molecule has 1 heterocycles. The van der Waals surface area contributed by atoms with Gasteiger partial charge in [0.15, 0.2) is 0 Å². The number of aliphatic hydroxyl groups excluding tert-OH is 1. The van der Waals surface area contributed by atoms with Crippen LogP contribution in [0.15, 0.2) is 42.5 Å². The van der Waals surface area contributed by atoms with Crippen molar-refractivity contribution >= 4 is 11.6 Å². The summed E-state index contributed by atoms with van der Waals surface area (Å²) in [6, 6.07) is 13.9. The molecule has 2 unspecified atom stereocenters. The summed E-state index contributed by atoms with van der Waals surface area (Å²) in [4.78, 5) is 0. The van der Waals surface area contributed by atoms with Crippen LogP contribution >= 0.6 is 11.6 Å². The molecule has 3 rings (SSSR count). The number of hydrogen-bond acceptors (Lipinski definition) is 2. The zero-order valence-electron chi connectivity index (χ0n) is 12.1. The van der Waals surface area contributed by atoms with E-state index in [9.17, 15) is 5.11 Å². The third-order valence-electron chi connectivity index (χ3n) is 4.14. The van der Waals surface area contributed by atoms with Gasteiger partial charge in [-0.2, -0.15) is 0 Å². The van der Waals surface area contributed by atoms with Crippen molar-refractivity contribution in [2.24, 2.45) is 0 Å². The van der Waals surface area contributed by atoms with E-state index in [1.807, 2.05) is 30.3 Å². The second-order valence-electron chi connectivity index (χ2n) is 5.45. The van der Waals surface area contributed by atoms with Crippen molar-refractivity contribution in [1.29, 1.82) is 0 Å². The molecule has 2 nitrogen and oxygen atoms in total. The molecule has 0 bridgehead atoms. The molecule has 1 N–H and O–H groups in total. The van der Waals surface area contributed by atoms with E-state index < -0.39 is 6.10 Å². The molecule has 0 amide bonds. The third-order valence-corrected chi connectivity index (χ3v) is 4.36. The molecule has 3 heteroatoms. The number of rotatable bonds is 4. The molecule has 21 heavy (non-hydrogen) atoms. The van der Waals surface area contributed by atoms with Gasteiger partial charge in [-0.1, -0.05) is 48.9 Å². The van der Waals surface area contributed by atoms with Gasteiger partial charge in [-0.15, -0.1) is 0 Å². The lowest BCUT2D eigenvalue weighted by Gasteiger charge is -2.24. The summed E-state index contributed by atoms with van der Waals surface area (Å²) in [5.74, 6) is 0.860. The van der Waals surface area contributed by atoms with Crippen LogP contribution in [0.2, 0.25) is 5.02 Å². The fourth-order valence-corrected chi connectivity index (χ4v) is 3.33. The lowest BCUT2D eigenvalue weighted by atomic mass is 9.86. The molecule has 1 aliphatic rings. The molecule has 0 radical (unpaired) electrons. The molecule has 0 aliphatic carbocycles. The average Bonchev–Trinajstić information content (AvgIpc) is 2.96. The summed E-state index contributed by atoms with van der Waals surface area (Å²) in [6.45, 7) is 2.75. The summed E-state index contributed by atoms with van der Waals surface area (Å²) >= 11 is 6.20. The van der Waals surface area contributed by atoms with Crippen LogP contribution in [-0.4, -0.2) is 11.7 Å². The quantitative estimate of drug-likeness (QED) is 0.901. The van der Waals surface area contributed by atoms with Gasteiger partial charge < -0.3 is 9.84 Å². The molecule has 0 spiro atoms. The first-order valence-electron chi connectivity index (χ1n) is 7.38. The minimum atomic E-state index is -0.608. The summed E-state index contributed by atoms with van der Waals surface area (Å²) in [7, 11) is 0. The fourth-order valence-electron chi connectivity index (χ4n) is 3.08. The Kier molecular flexibility index (Phi) is 4.18. The van der Waals surface area contributed by atoms with Crippen molar-refractivity contribution in [3.63, 3.8) is 0 Å². The van der Waals surface area contributed by atoms with Crippen LogP contribution in [-0.2, 0) is 6.42 Å². The Labute approximate surface area is 130 Å². The molecular formula is C18H19ClO2. The predicted molar refractivity (Wildman–Crippen MR) is 85.1 cm³/mol. The molecule has 0 saturated carbocycles. The molecule has 0 saturated heterocycles. The van der Waals surface area contributed by atoms with Gasteiger partial charge in [-0.05, 0) is 29.7 Å². The Morgan fingerprint density at radius 2 is 2.00 bits per heavy atom. The van der Waals surface area contributed by atoms with Gasteiger partial charge in [0.25, 0.3) is 0 Å². The first-order valence-corrected chi connectivity index (χ1v) is 7.76. The molecular weight excluding hydrogens is 284 g/mol. The van der Waals surface area contributed by atoms with Gasteiger partial charge >= 0.3 is 0 Å². The van der Waals surface area contributed by atoms with E-state index >= 15 is 0 Å². The highest BCUT2D eigenvalue weighted by Gasteiger charge is 2.27. The first-order chi connectivity index (χ1) is 10.2. The van der Waals surface area contributed by atoms with Crippen LogP contribution in [0.25, 0.3) is 0 Å². The highest BCUT2D eigenvalue weighted by Crippen LogP contribution is 2.42. The number of halogens is 1. The summed E-state index contributed by atoms with van der Waals surface area (Å²) in [5, 5.41) is 11.5. The van der Waals surface area contributed by atoms with Crippen molar-refractivity contribution in [3.05, 3.63) is 64.2 Å². The van der Waals surface area contributed by atoms with Crippen LogP contribution in [0, 0.1) is 0 Å². The zero-order chi connectivity index (χ0) is 14.8. The van der Waals surface area contributed by atoms with Crippen molar-refractivity contribution < 1.29 is 9.84 Å². The smallest absolute Gasteiger partial charge is 0.128 e. The van der Waals surface area contributed by atoms with E-state index in [-0.39, 0.29) is 5.92 Å². The van der Waals surface area contributed by atoms with Gasteiger partial charge in [0.2, 0.25) is 0 Å². The maximum atomic E-state index is 10.9. The Balaban J connectivity index is 2.00. The number of hydrogen-bond donors (Lipinski definition) is 1. The van der Waals surface area contributed by atoms with Crippen molar-refractivity contribution in [2.75, 3.05) is 6.61 Å². The number of aliphatic hydroxyl groups is 1. The van der Waals surface area contributed by atoms with Crippen molar-refractivity contribution in [3.8, 4) is 5.75 Å². The summed E-state index contributed by atoms with van der Waals surface area (Å²) in [6.07, 6.45) is 1.10. The number of fused-ring (bicyclic) bond motifs is 1. The van der Waals surface area contributed by atoms with Crippen molar-refractivity contribution in [1.82, 2.24) is 0 Å². The number of benzene rings is 2. The monoisotopic (exact) mass is 302 g/mol. The highest BCUT2D eigenvalue weighted by atomic mass is 35.5. The van der Waals surface area contributed by atoms with E-state index in [1.165, 1.54) is 0 Å². The van der Waals surface area contributed by atoms with Gasteiger partial charge in [-0.25, -0.2) is 0 Å². The van der Waals surface area contributed by atoms with E-state index in [4.69, 9.17) is 16.3 Å². The van der Waals surface area contributed by atoms with Crippen LogP contribution in [0.1, 0.15) is 42.1 Å². The SMILES string of the molecule is CCC(c1ccccc1)C(O)c1cc(Cl)cc2c1OCC2. The minimum Gasteiger partial charge on any atom is -0.493 e. The van der Waals surface area contributed by atoms with Crippen LogP contribution in [0.4, 0.5) is 0 Å². The molecule has 0 aromatic heterocycles. The normalized spacial score (nSPS) is 16.1. The first kappa shape index (κ1) is 14.4. The van der Waals surface area contributed by atoms with Crippen LogP contribution in [0.3, 0.4) is 0 Å². The zero-order valence-corrected chi connectivity index (χ0v) is 12.8. The molecule has 110 valence electrons. The highest BCUT2D eigenvalue weighted by molar-refractivity contribution is 6.30. The lowest BCUT2D eigenvalue weighted by molar-refractivity contribution is 0.138. The van der Waals surface area contributed by atoms with E-state index in [2.05, 4.69) is 19.1 Å². The second-order valence-corrected chi connectivity index (χ2v) is 5.89. The van der Waals surface area contributed by atoms with E-state index in [0.29, 0.717) is 11.6 Å². The Bertz CT molecular complexity index is 625. The molecule has 2 atom stereocenters. The topological polar surface area (TPSA) is 29.5 Å². The lowest BCUT2D eigenvalue weighted by Crippen LogP contribution is -2.11. The van der Waals surface area contributed by atoms with Gasteiger partial charge in [0, 0.05) is 22.9 Å². The summed E-state index contributed by atoms with van der Waals surface area (Å²) < 4.78 is 5.72. The third kappa shape index (κ3) is 2.78. The fraction of sp³-hybridized carbons (Fsp3) is 0.333. The Morgan fingerprint density at radius 1 is 1.24 bits per heavy atom. The molecule has 2 aromatic carbocycles. The standard InChI is InChI=1S/C18H19ClO2/c1-2-15(12-6-4-3-5-7-12)17(20)16-11-14(19)10-13-8-9-21-18(13)16/h3-7,10-11,15,17,20H,2,8-9H2,1H3. The number of ether oxygens (including phenoxy) is 1. The van der Waals surface area contributed by atoms with Gasteiger partial charge in [-0.3, -0.25) is 0 Å². The van der Waals surface area contributed by atoms with Crippen LogP contribution in [0.5, 0.6) is 5.75 Å². The molecule has 2 aromatic rings. The van der Waals surface area contributed by atoms with E-state index in [1.54, 1.807) is 0 Å². The predicted octanol–water partition coefficient (Wildman–Crippen LogP) is 4.50. The maximum Gasteiger partial charge on any atom is 0.128 e. The van der Waals surface area contributed by atoms with E-state index in [0.717, 1.165) is 35.3 Å². The van der Waals surface area contributed by atoms with Crippen LogP contribution < -0.4 is 4.74 Å². The molecule has 0 fully saturated rings. The van der Waals surface area contributed by atoms with Gasteiger partial charge in [0.1, 0.15) is 5.75 Å². The average molecular weight is 303 g/mol. The van der Waals surface area contributed by atoms with Gasteiger partial charge in [0.05, 0.1) is 12.7 Å².